The Labute approximate surface area is 142 Å². The van der Waals surface area contributed by atoms with Crippen LogP contribution in [0.3, 0.4) is 0 Å². The smallest absolute Gasteiger partial charge is 0.248 e. The van der Waals surface area contributed by atoms with Gasteiger partial charge in [0.25, 0.3) is 0 Å². The number of carbonyl (C=O) groups excluding carboxylic acids is 2. The Morgan fingerprint density at radius 1 is 1.38 bits per heavy atom. The van der Waals surface area contributed by atoms with Gasteiger partial charge in [0.05, 0.1) is 6.04 Å². The minimum atomic E-state index is -2.73. The molecule has 2 fully saturated rings. The van der Waals surface area contributed by atoms with Crippen LogP contribution in [0, 0.1) is 5.92 Å². The van der Waals surface area contributed by atoms with Crippen LogP contribution in [0.5, 0.6) is 0 Å². The van der Waals surface area contributed by atoms with E-state index in [4.69, 9.17) is 0 Å². The van der Waals surface area contributed by atoms with Gasteiger partial charge in [-0.2, -0.15) is 0 Å². The topological polar surface area (TPSA) is 49.4 Å². The molecule has 1 N–H and O–H groups in total. The Hall–Kier alpha value is -1.30. The molecule has 6 heteroatoms. The lowest BCUT2D eigenvalue weighted by atomic mass is 10.1. The minimum absolute atomic E-state index is 0.0989. The van der Waals surface area contributed by atoms with E-state index in [1.165, 1.54) is 4.90 Å². The first-order chi connectivity index (χ1) is 11.5. The number of amides is 1. The van der Waals surface area contributed by atoms with Crippen molar-refractivity contribution >= 4 is 12.2 Å². The number of aldehydes is 1. The van der Waals surface area contributed by atoms with Crippen molar-refractivity contribution in [2.24, 2.45) is 5.92 Å². The van der Waals surface area contributed by atoms with Crippen molar-refractivity contribution in [2.45, 2.75) is 69.4 Å². The fourth-order valence-electron chi connectivity index (χ4n) is 3.34. The molecule has 0 bridgehead atoms. The quantitative estimate of drug-likeness (QED) is 0.490. The summed E-state index contributed by atoms with van der Waals surface area (Å²) < 4.78 is 27.7. The number of allylic oxidation sites excluding steroid dienone is 1. The molecule has 1 heterocycles. The van der Waals surface area contributed by atoms with Crippen LogP contribution in [0.15, 0.2) is 12.2 Å². The highest BCUT2D eigenvalue weighted by molar-refractivity contribution is 5.80. The van der Waals surface area contributed by atoms with E-state index in [0.717, 1.165) is 19.1 Å². The molecule has 0 radical (unpaired) electrons. The highest BCUT2D eigenvalue weighted by Crippen LogP contribution is 2.32. The molecule has 1 saturated heterocycles. The average Bonchev–Trinajstić information content (AvgIpc) is 3.14. The standard InChI is InChI=1S/C18H28F2N2O2/c1-21-16-12-14(16)6-2-3-9-18(19,20)10-4-8-17(24)22-11-5-7-15(22)13-23/h2,6,13-16,21H,3-5,7-12H2,1H3/b6-2-/t14-,15?,16?/m1/s1. The van der Waals surface area contributed by atoms with E-state index in [1.54, 1.807) is 0 Å². The third-order valence-corrected chi connectivity index (χ3v) is 4.98. The maximum Gasteiger partial charge on any atom is 0.248 e. The zero-order chi connectivity index (χ0) is 17.6. The minimum Gasteiger partial charge on any atom is -0.333 e. The van der Waals surface area contributed by atoms with Gasteiger partial charge in [-0.25, -0.2) is 8.78 Å². The summed E-state index contributed by atoms with van der Waals surface area (Å²) in [5, 5.41) is 3.16. The van der Waals surface area contributed by atoms with Crippen LogP contribution in [-0.4, -0.2) is 48.7 Å². The number of hydrogen-bond acceptors (Lipinski definition) is 3. The lowest BCUT2D eigenvalue weighted by Crippen LogP contribution is -2.36. The molecule has 4 nitrogen and oxygen atoms in total. The molecule has 0 aromatic carbocycles. The van der Waals surface area contributed by atoms with Crippen LogP contribution >= 0.6 is 0 Å². The predicted molar refractivity (Wildman–Crippen MR) is 88.9 cm³/mol. The van der Waals surface area contributed by atoms with Crippen LogP contribution in [0.1, 0.15) is 51.4 Å². The van der Waals surface area contributed by atoms with Gasteiger partial charge in [0.2, 0.25) is 11.8 Å². The number of hydrogen-bond donors (Lipinski definition) is 1. The molecule has 24 heavy (non-hydrogen) atoms. The van der Waals surface area contributed by atoms with E-state index in [9.17, 15) is 18.4 Å². The van der Waals surface area contributed by atoms with Crippen LogP contribution in [0.4, 0.5) is 8.78 Å². The van der Waals surface area contributed by atoms with E-state index in [-0.39, 0.29) is 37.6 Å². The molecule has 0 aromatic rings. The van der Waals surface area contributed by atoms with Gasteiger partial charge in [0.15, 0.2) is 0 Å². The Morgan fingerprint density at radius 2 is 2.17 bits per heavy atom. The lowest BCUT2D eigenvalue weighted by molar-refractivity contribution is -0.134. The number of halogens is 2. The summed E-state index contributed by atoms with van der Waals surface area (Å²) in [5.74, 6) is -2.41. The first kappa shape index (κ1) is 19.0. The molecule has 3 atom stereocenters. The SMILES string of the molecule is CNC1C[C@H]1/C=C\CCC(F)(F)CCCC(=O)N1CCCC1C=O. The fraction of sp³-hybridized carbons (Fsp3) is 0.778. The van der Waals surface area contributed by atoms with Gasteiger partial charge in [-0.05, 0) is 45.1 Å². The van der Waals surface area contributed by atoms with Gasteiger partial charge in [-0.3, -0.25) is 4.79 Å². The van der Waals surface area contributed by atoms with Crippen molar-refractivity contribution in [3.63, 3.8) is 0 Å². The Bertz CT molecular complexity index is 468. The van der Waals surface area contributed by atoms with Crippen LogP contribution < -0.4 is 5.32 Å². The molecule has 1 aliphatic carbocycles. The average molecular weight is 342 g/mol. The van der Waals surface area contributed by atoms with Crippen molar-refractivity contribution in [3.8, 4) is 0 Å². The number of alkyl halides is 2. The lowest BCUT2D eigenvalue weighted by Gasteiger charge is -2.21. The third kappa shape index (κ3) is 5.65. The van der Waals surface area contributed by atoms with Gasteiger partial charge in [0.1, 0.15) is 6.29 Å². The van der Waals surface area contributed by atoms with Crippen molar-refractivity contribution in [1.82, 2.24) is 10.2 Å². The Balaban J connectivity index is 1.61. The summed E-state index contributed by atoms with van der Waals surface area (Å²) in [4.78, 5) is 24.4. The zero-order valence-corrected chi connectivity index (χ0v) is 14.3. The Kier molecular flexibility index (Phi) is 6.90. The van der Waals surface area contributed by atoms with Gasteiger partial charge in [-0.15, -0.1) is 0 Å². The third-order valence-electron chi connectivity index (χ3n) is 4.98. The predicted octanol–water partition coefficient (Wildman–Crippen LogP) is 2.93. The van der Waals surface area contributed by atoms with Crippen molar-refractivity contribution in [1.29, 1.82) is 0 Å². The summed E-state index contributed by atoms with van der Waals surface area (Å²) in [6.45, 7) is 0.568. The largest absolute Gasteiger partial charge is 0.333 e. The summed E-state index contributed by atoms with van der Waals surface area (Å²) in [5.41, 5.74) is 0. The summed E-state index contributed by atoms with van der Waals surface area (Å²) in [6.07, 6.45) is 7.43. The number of likely N-dealkylation sites (tertiary alicyclic amines) is 1. The van der Waals surface area contributed by atoms with E-state index in [1.807, 2.05) is 19.2 Å². The molecule has 2 rings (SSSR count). The Morgan fingerprint density at radius 3 is 2.83 bits per heavy atom. The summed E-state index contributed by atoms with van der Waals surface area (Å²) in [6, 6.07) is 0.153. The van der Waals surface area contributed by atoms with Gasteiger partial charge >= 0.3 is 0 Å². The van der Waals surface area contributed by atoms with Crippen molar-refractivity contribution < 1.29 is 18.4 Å². The number of nitrogens with zero attached hydrogens (tertiary/aromatic N) is 1. The van der Waals surface area contributed by atoms with E-state index >= 15 is 0 Å². The highest BCUT2D eigenvalue weighted by Gasteiger charge is 2.33. The van der Waals surface area contributed by atoms with Gasteiger partial charge < -0.3 is 15.0 Å². The van der Waals surface area contributed by atoms with E-state index in [0.29, 0.717) is 31.3 Å². The van der Waals surface area contributed by atoms with E-state index < -0.39 is 5.92 Å². The van der Waals surface area contributed by atoms with Crippen LogP contribution in [0.2, 0.25) is 0 Å². The first-order valence-corrected chi connectivity index (χ1v) is 8.93. The maximum absolute atomic E-state index is 13.8. The molecule has 1 saturated carbocycles. The molecular formula is C18H28F2N2O2. The van der Waals surface area contributed by atoms with Crippen molar-refractivity contribution in [3.05, 3.63) is 12.2 Å². The fourth-order valence-corrected chi connectivity index (χ4v) is 3.34. The summed E-state index contributed by atoms with van der Waals surface area (Å²) in [7, 11) is 1.91. The first-order valence-electron chi connectivity index (χ1n) is 8.93. The van der Waals surface area contributed by atoms with Crippen molar-refractivity contribution in [2.75, 3.05) is 13.6 Å². The van der Waals surface area contributed by atoms with Gasteiger partial charge in [0, 0.05) is 31.8 Å². The molecule has 0 spiro atoms. The molecule has 2 aliphatic rings. The molecular weight excluding hydrogens is 314 g/mol. The van der Waals surface area contributed by atoms with Crippen LogP contribution in [-0.2, 0) is 9.59 Å². The number of carbonyl (C=O) groups is 2. The second-order valence-electron chi connectivity index (χ2n) is 6.90. The van der Waals surface area contributed by atoms with E-state index in [2.05, 4.69) is 5.32 Å². The van der Waals surface area contributed by atoms with Crippen LogP contribution in [0.25, 0.3) is 0 Å². The molecule has 1 aliphatic heterocycles. The summed E-state index contributed by atoms with van der Waals surface area (Å²) >= 11 is 0. The second-order valence-corrected chi connectivity index (χ2v) is 6.90. The normalized spacial score (nSPS) is 27.0. The molecule has 136 valence electrons. The van der Waals surface area contributed by atoms with Gasteiger partial charge in [-0.1, -0.05) is 12.2 Å². The molecule has 2 unspecified atom stereocenters. The molecule has 0 aromatic heterocycles. The number of nitrogens with one attached hydrogen (secondary N) is 1. The monoisotopic (exact) mass is 342 g/mol. The maximum atomic E-state index is 13.8. The molecule has 1 amide bonds. The number of rotatable bonds is 10. The zero-order valence-electron chi connectivity index (χ0n) is 14.3. The highest BCUT2D eigenvalue weighted by atomic mass is 19.3. The second kappa shape index (κ2) is 8.70.